The molecule has 1 heterocycles. The Bertz CT molecular complexity index is 329. The lowest BCUT2D eigenvalue weighted by molar-refractivity contribution is -0.138. The summed E-state index contributed by atoms with van der Waals surface area (Å²) in [6, 6.07) is 1.49. The summed E-state index contributed by atoms with van der Waals surface area (Å²) in [7, 11) is 0. The third-order valence-electron chi connectivity index (χ3n) is 2.03. The van der Waals surface area contributed by atoms with Crippen LogP contribution in [0.2, 0.25) is 0 Å². The minimum absolute atomic E-state index is 0.149. The molecule has 0 aliphatic rings. The van der Waals surface area contributed by atoms with Crippen LogP contribution >= 0.6 is 0 Å². The molecule has 14 heavy (non-hydrogen) atoms. The first-order valence-electron chi connectivity index (χ1n) is 4.36. The van der Waals surface area contributed by atoms with Crippen molar-refractivity contribution in [3.63, 3.8) is 0 Å². The molecule has 78 valence electrons. The normalized spacial score (nSPS) is 12.2. The van der Waals surface area contributed by atoms with Crippen LogP contribution in [0.15, 0.2) is 12.3 Å². The predicted molar refractivity (Wildman–Crippen MR) is 48.1 cm³/mol. The lowest BCUT2D eigenvalue weighted by Crippen LogP contribution is -2.09. The second kappa shape index (κ2) is 3.59. The first kappa shape index (κ1) is 11.0. The van der Waals surface area contributed by atoms with E-state index in [1.807, 2.05) is 13.8 Å². The maximum absolute atomic E-state index is 12.3. The molecule has 0 unspecified atom stereocenters. The van der Waals surface area contributed by atoms with Crippen molar-refractivity contribution in [1.82, 2.24) is 4.98 Å². The van der Waals surface area contributed by atoms with Crippen LogP contribution in [-0.2, 0) is 6.18 Å². The Hall–Kier alpha value is -1.06. The summed E-state index contributed by atoms with van der Waals surface area (Å²) >= 11 is 0. The molecule has 1 aromatic heterocycles. The summed E-state index contributed by atoms with van der Waals surface area (Å²) in [5, 5.41) is 0. The van der Waals surface area contributed by atoms with Crippen LogP contribution in [-0.4, -0.2) is 4.98 Å². The molecular weight excluding hydrogens is 191 g/mol. The number of aromatic nitrogens is 1. The van der Waals surface area contributed by atoms with Crippen LogP contribution in [0.3, 0.4) is 0 Å². The van der Waals surface area contributed by atoms with Crippen molar-refractivity contribution < 1.29 is 13.2 Å². The van der Waals surface area contributed by atoms with Gasteiger partial charge in [0.15, 0.2) is 0 Å². The number of hydrogen-bond acceptors (Lipinski definition) is 1. The van der Waals surface area contributed by atoms with Crippen LogP contribution < -0.4 is 0 Å². The quantitative estimate of drug-likeness (QED) is 0.680. The van der Waals surface area contributed by atoms with Gasteiger partial charge in [0.2, 0.25) is 0 Å². The number of alkyl halides is 3. The van der Waals surface area contributed by atoms with Gasteiger partial charge in [-0.05, 0) is 24.5 Å². The standard InChI is InChI=1S/C10H12F3N/c1-6(2)9-4-7(3)8(5-14-9)10(11,12)13/h4-6H,1-3H3. The molecule has 4 heteroatoms. The van der Waals surface area contributed by atoms with Crippen LogP contribution in [0.5, 0.6) is 0 Å². The largest absolute Gasteiger partial charge is 0.418 e. The Morgan fingerprint density at radius 1 is 1.29 bits per heavy atom. The molecule has 0 aliphatic carbocycles. The van der Waals surface area contributed by atoms with Crippen molar-refractivity contribution in [2.45, 2.75) is 32.9 Å². The van der Waals surface area contributed by atoms with E-state index in [-0.39, 0.29) is 11.5 Å². The second-order valence-electron chi connectivity index (χ2n) is 3.58. The molecular formula is C10H12F3N. The van der Waals surface area contributed by atoms with Crippen LogP contribution in [0.25, 0.3) is 0 Å². The lowest BCUT2D eigenvalue weighted by Gasteiger charge is -2.12. The van der Waals surface area contributed by atoms with E-state index in [0.29, 0.717) is 5.69 Å². The lowest BCUT2D eigenvalue weighted by atomic mass is 10.0. The average molecular weight is 203 g/mol. The topological polar surface area (TPSA) is 12.9 Å². The molecule has 0 fully saturated rings. The molecule has 0 spiro atoms. The Kier molecular flexibility index (Phi) is 2.83. The van der Waals surface area contributed by atoms with Gasteiger partial charge >= 0.3 is 6.18 Å². The van der Waals surface area contributed by atoms with E-state index in [4.69, 9.17) is 0 Å². The molecule has 0 atom stereocenters. The fraction of sp³-hybridized carbons (Fsp3) is 0.500. The number of pyridine rings is 1. The zero-order valence-corrected chi connectivity index (χ0v) is 8.31. The number of nitrogens with zero attached hydrogens (tertiary/aromatic N) is 1. The van der Waals surface area contributed by atoms with Gasteiger partial charge in [0.1, 0.15) is 0 Å². The maximum atomic E-state index is 12.3. The first-order valence-corrected chi connectivity index (χ1v) is 4.36. The smallest absolute Gasteiger partial charge is 0.260 e. The van der Waals surface area contributed by atoms with Crippen molar-refractivity contribution in [1.29, 1.82) is 0 Å². The number of aryl methyl sites for hydroxylation is 1. The van der Waals surface area contributed by atoms with E-state index < -0.39 is 11.7 Å². The van der Waals surface area contributed by atoms with Crippen LogP contribution in [0.1, 0.15) is 36.6 Å². The highest BCUT2D eigenvalue weighted by molar-refractivity contribution is 5.28. The molecule has 0 N–H and O–H groups in total. The van der Waals surface area contributed by atoms with E-state index >= 15 is 0 Å². The fourth-order valence-electron chi connectivity index (χ4n) is 1.19. The number of halogens is 3. The van der Waals surface area contributed by atoms with Crippen molar-refractivity contribution in [2.75, 3.05) is 0 Å². The van der Waals surface area contributed by atoms with Crippen LogP contribution in [0, 0.1) is 6.92 Å². The Morgan fingerprint density at radius 3 is 2.21 bits per heavy atom. The Morgan fingerprint density at radius 2 is 1.86 bits per heavy atom. The average Bonchev–Trinajstić information content (AvgIpc) is 2.01. The highest BCUT2D eigenvalue weighted by Crippen LogP contribution is 2.31. The van der Waals surface area contributed by atoms with E-state index in [0.717, 1.165) is 6.20 Å². The molecule has 1 rings (SSSR count). The van der Waals surface area contributed by atoms with Gasteiger partial charge in [-0.3, -0.25) is 4.98 Å². The molecule has 0 aliphatic heterocycles. The molecule has 1 nitrogen and oxygen atoms in total. The second-order valence-corrected chi connectivity index (χ2v) is 3.58. The fourth-order valence-corrected chi connectivity index (χ4v) is 1.19. The van der Waals surface area contributed by atoms with Gasteiger partial charge in [0, 0.05) is 11.9 Å². The van der Waals surface area contributed by atoms with Gasteiger partial charge in [-0.25, -0.2) is 0 Å². The monoisotopic (exact) mass is 203 g/mol. The minimum Gasteiger partial charge on any atom is -0.260 e. The Labute approximate surface area is 81.0 Å². The van der Waals surface area contributed by atoms with Gasteiger partial charge in [-0.2, -0.15) is 13.2 Å². The van der Waals surface area contributed by atoms with Crippen molar-refractivity contribution in [2.24, 2.45) is 0 Å². The predicted octanol–water partition coefficient (Wildman–Crippen LogP) is 3.53. The van der Waals surface area contributed by atoms with E-state index in [1.54, 1.807) is 0 Å². The Balaban J connectivity index is 3.15. The highest BCUT2D eigenvalue weighted by atomic mass is 19.4. The highest BCUT2D eigenvalue weighted by Gasteiger charge is 2.32. The van der Waals surface area contributed by atoms with Crippen LogP contribution in [0.4, 0.5) is 13.2 Å². The van der Waals surface area contributed by atoms with E-state index in [9.17, 15) is 13.2 Å². The molecule has 1 aromatic rings. The van der Waals surface area contributed by atoms with Gasteiger partial charge < -0.3 is 0 Å². The third-order valence-corrected chi connectivity index (χ3v) is 2.03. The summed E-state index contributed by atoms with van der Waals surface area (Å²) < 4.78 is 37.0. The molecule has 0 aromatic carbocycles. The molecule has 0 radical (unpaired) electrons. The van der Waals surface area contributed by atoms with Gasteiger partial charge in [0.05, 0.1) is 5.56 Å². The summed E-state index contributed by atoms with van der Waals surface area (Å²) in [6.45, 7) is 5.25. The summed E-state index contributed by atoms with van der Waals surface area (Å²) in [6.07, 6.45) is -3.39. The van der Waals surface area contributed by atoms with Crippen molar-refractivity contribution >= 4 is 0 Å². The van der Waals surface area contributed by atoms with Crippen molar-refractivity contribution in [3.8, 4) is 0 Å². The summed E-state index contributed by atoms with van der Waals surface area (Å²) in [5.74, 6) is 0.149. The van der Waals surface area contributed by atoms with E-state index in [2.05, 4.69) is 4.98 Å². The third kappa shape index (κ3) is 2.25. The SMILES string of the molecule is Cc1cc(C(C)C)ncc1C(F)(F)F. The first-order chi connectivity index (χ1) is 6.32. The molecule has 0 saturated carbocycles. The number of rotatable bonds is 1. The molecule has 0 saturated heterocycles. The van der Waals surface area contributed by atoms with Gasteiger partial charge in [-0.15, -0.1) is 0 Å². The van der Waals surface area contributed by atoms with E-state index in [1.165, 1.54) is 13.0 Å². The zero-order valence-electron chi connectivity index (χ0n) is 8.31. The molecule has 0 bridgehead atoms. The van der Waals surface area contributed by atoms with Crippen molar-refractivity contribution in [3.05, 3.63) is 29.1 Å². The number of hydrogen-bond donors (Lipinski definition) is 0. The summed E-state index contributed by atoms with van der Waals surface area (Å²) in [5.41, 5.74) is 0.272. The maximum Gasteiger partial charge on any atom is 0.418 e. The minimum atomic E-state index is -4.30. The molecule has 0 amide bonds. The summed E-state index contributed by atoms with van der Waals surface area (Å²) in [4.78, 5) is 3.79. The zero-order chi connectivity index (χ0) is 10.9. The van der Waals surface area contributed by atoms with Gasteiger partial charge in [0.25, 0.3) is 0 Å². The van der Waals surface area contributed by atoms with Gasteiger partial charge in [-0.1, -0.05) is 13.8 Å².